The fourth-order valence-corrected chi connectivity index (χ4v) is 6.92. The average Bonchev–Trinajstić information content (AvgIpc) is 3.52. The van der Waals surface area contributed by atoms with Gasteiger partial charge in [0.1, 0.15) is 17.3 Å². The fraction of sp³-hybridized carbons (Fsp3) is 0.256. The maximum Gasteiger partial charge on any atom is 0.137 e. The van der Waals surface area contributed by atoms with Gasteiger partial charge in [-0.3, -0.25) is 4.57 Å². The number of aromatic nitrogens is 4. The molecule has 0 aliphatic carbocycles. The van der Waals surface area contributed by atoms with Crippen LogP contribution in [0, 0.1) is 26.2 Å². The molecule has 0 aliphatic heterocycles. The van der Waals surface area contributed by atoms with Crippen LogP contribution in [0.2, 0.25) is 0 Å². The van der Waals surface area contributed by atoms with Gasteiger partial charge in [0.2, 0.25) is 0 Å². The van der Waals surface area contributed by atoms with Crippen molar-refractivity contribution in [3.05, 3.63) is 131 Å². The number of hydrogen-bond acceptors (Lipinski definition) is 3. The lowest BCUT2D eigenvalue weighted by atomic mass is 9.88. The molecular formula is C43H44N4O. The van der Waals surface area contributed by atoms with E-state index in [1.165, 1.54) is 38.6 Å². The Labute approximate surface area is 283 Å². The molecule has 0 spiro atoms. The number of nitrogens with zero attached hydrogens (tertiary/aromatic N) is 4. The SMILES string of the molecule is Cc1ccnc(-n2c3ccc(C(C)C)cc3c3ccc(Oc4cc(CC(C)(C)C)cc(-n5nc(C)c(-c6ccccc6)c5C)c4)cc32)c1. The highest BCUT2D eigenvalue weighted by atomic mass is 16.5. The third-order valence-corrected chi connectivity index (χ3v) is 9.08. The van der Waals surface area contributed by atoms with Gasteiger partial charge in [0.05, 0.1) is 22.4 Å². The smallest absolute Gasteiger partial charge is 0.137 e. The molecule has 0 amide bonds. The molecule has 3 aromatic heterocycles. The Balaban J connectivity index is 1.36. The van der Waals surface area contributed by atoms with Gasteiger partial charge in [-0.2, -0.15) is 5.10 Å². The summed E-state index contributed by atoms with van der Waals surface area (Å²) < 4.78 is 11.1. The summed E-state index contributed by atoms with van der Waals surface area (Å²) in [5.41, 5.74) is 11.5. The van der Waals surface area contributed by atoms with Crippen molar-refractivity contribution in [2.45, 2.75) is 67.7 Å². The Kier molecular flexibility index (Phi) is 7.95. The summed E-state index contributed by atoms with van der Waals surface area (Å²) in [4.78, 5) is 4.80. The van der Waals surface area contributed by atoms with E-state index >= 15 is 0 Å². The Morgan fingerprint density at radius 3 is 2.27 bits per heavy atom. The van der Waals surface area contributed by atoms with E-state index in [2.05, 4.69) is 156 Å². The molecule has 48 heavy (non-hydrogen) atoms. The van der Waals surface area contributed by atoms with Crippen LogP contribution >= 0.6 is 0 Å². The maximum absolute atomic E-state index is 6.76. The van der Waals surface area contributed by atoms with Crippen molar-refractivity contribution in [1.82, 2.24) is 19.3 Å². The number of hydrogen-bond donors (Lipinski definition) is 0. The number of aryl methyl sites for hydroxylation is 2. The van der Waals surface area contributed by atoms with Gasteiger partial charge in [0.25, 0.3) is 0 Å². The number of pyridine rings is 1. The lowest BCUT2D eigenvalue weighted by Crippen LogP contribution is -2.10. The van der Waals surface area contributed by atoms with Gasteiger partial charge in [0, 0.05) is 40.4 Å². The highest BCUT2D eigenvalue weighted by Crippen LogP contribution is 2.38. The molecule has 4 aromatic carbocycles. The van der Waals surface area contributed by atoms with Crippen molar-refractivity contribution < 1.29 is 4.74 Å². The Morgan fingerprint density at radius 2 is 1.54 bits per heavy atom. The molecule has 0 N–H and O–H groups in total. The summed E-state index contributed by atoms with van der Waals surface area (Å²) in [5, 5.41) is 7.43. The molecule has 0 saturated heterocycles. The van der Waals surface area contributed by atoms with E-state index in [1.807, 2.05) is 12.3 Å². The summed E-state index contributed by atoms with van der Waals surface area (Å²) in [5.74, 6) is 2.91. The standard InChI is InChI=1S/C43H44N4O/c1-27(2)33-14-17-39-38(23-33)37-16-15-35(25-40(37)46(39)41-20-28(3)18-19-44-41)48-36-22-31(26-43(6,7)8)21-34(24-36)47-30(5)42(29(4)45-47)32-12-10-9-11-13-32/h9-25,27H,26H2,1-8H3. The molecule has 5 nitrogen and oxygen atoms in total. The van der Waals surface area contributed by atoms with Crippen molar-refractivity contribution in [3.8, 4) is 34.1 Å². The second-order valence-corrected chi connectivity index (χ2v) is 14.6. The van der Waals surface area contributed by atoms with Gasteiger partial charge < -0.3 is 4.74 Å². The Hall–Kier alpha value is -5.16. The van der Waals surface area contributed by atoms with Crippen LogP contribution in [0.4, 0.5) is 0 Å². The fourth-order valence-electron chi connectivity index (χ4n) is 6.92. The van der Waals surface area contributed by atoms with Crippen molar-refractivity contribution in [2.24, 2.45) is 5.41 Å². The maximum atomic E-state index is 6.76. The lowest BCUT2D eigenvalue weighted by Gasteiger charge is -2.20. The van der Waals surface area contributed by atoms with Gasteiger partial charge in [-0.05, 0) is 109 Å². The molecule has 0 radical (unpaired) electrons. The Bertz CT molecular complexity index is 2280. The molecule has 7 aromatic rings. The van der Waals surface area contributed by atoms with Crippen LogP contribution in [0.3, 0.4) is 0 Å². The summed E-state index contributed by atoms with van der Waals surface area (Å²) in [6.07, 6.45) is 2.79. The van der Waals surface area contributed by atoms with Gasteiger partial charge in [-0.1, -0.05) is 71.0 Å². The predicted octanol–water partition coefficient (Wildman–Crippen LogP) is 11.5. The molecule has 0 fully saturated rings. The molecule has 7 rings (SSSR count). The van der Waals surface area contributed by atoms with Crippen LogP contribution in [0.1, 0.15) is 68.6 Å². The third-order valence-electron chi connectivity index (χ3n) is 9.08. The van der Waals surface area contributed by atoms with Crippen molar-refractivity contribution in [1.29, 1.82) is 0 Å². The summed E-state index contributed by atoms with van der Waals surface area (Å²) in [6.45, 7) is 17.6. The summed E-state index contributed by atoms with van der Waals surface area (Å²) >= 11 is 0. The first-order valence-electron chi connectivity index (χ1n) is 16.9. The van der Waals surface area contributed by atoms with Crippen molar-refractivity contribution in [3.63, 3.8) is 0 Å². The largest absolute Gasteiger partial charge is 0.457 e. The molecule has 242 valence electrons. The third kappa shape index (κ3) is 6.01. The number of benzene rings is 4. The zero-order valence-electron chi connectivity index (χ0n) is 29.3. The second-order valence-electron chi connectivity index (χ2n) is 14.6. The van der Waals surface area contributed by atoms with E-state index < -0.39 is 0 Å². The van der Waals surface area contributed by atoms with E-state index in [4.69, 9.17) is 14.8 Å². The summed E-state index contributed by atoms with van der Waals surface area (Å²) in [6, 6.07) is 34.5. The van der Waals surface area contributed by atoms with Crippen LogP contribution in [0.25, 0.3) is 44.4 Å². The van der Waals surface area contributed by atoms with Crippen LogP contribution in [-0.4, -0.2) is 19.3 Å². The van der Waals surface area contributed by atoms with Gasteiger partial charge >= 0.3 is 0 Å². The quantitative estimate of drug-likeness (QED) is 0.176. The van der Waals surface area contributed by atoms with Gasteiger partial charge in [0.15, 0.2) is 0 Å². The van der Waals surface area contributed by atoms with Crippen LogP contribution < -0.4 is 4.74 Å². The van der Waals surface area contributed by atoms with E-state index in [-0.39, 0.29) is 5.41 Å². The van der Waals surface area contributed by atoms with Crippen LogP contribution in [0.5, 0.6) is 11.5 Å². The molecule has 5 heteroatoms. The minimum atomic E-state index is 0.107. The van der Waals surface area contributed by atoms with Gasteiger partial charge in [-0.15, -0.1) is 0 Å². The molecular weight excluding hydrogens is 589 g/mol. The lowest BCUT2D eigenvalue weighted by molar-refractivity contribution is 0.409. The summed E-state index contributed by atoms with van der Waals surface area (Å²) in [7, 11) is 0. The van der Waals surface area contributed by atoms with E-state index in [1.54, 1.807) is 0 Å². The van der Waals surface area contributed by atoms with E-state index in [9.17, 15) is 0 Å². The normalized spacial score (nSPS) is 12.0. The van der Waals surface area contributed by atoms with Gasteiger partial charge in [-0.25, -0.2) is 9.67 Å². The van der Waals surface area contributed by atoms with Crippen molar-refractivity contribution >= 4 is 21.8 Å². The topological polar surface area (TPSA) is 44.9 Å². The second kappa shape index (κ2) is 12.1. The van der Waals surface area contributed by atoms with E-state index in [0.29, 0.717) is 5.92 Å². The number of fused-ring (bicyclic) bond motifs is 3. The molecule has 0 aliphatic rings. The number of ether oxygens (including phenoxy) is 1. The minimum absolute atomic E-state index is 0.107. The zero-order chi connectivity index (χ0) is 33.7. The molecule has 0 bridgehead atoms. The highest BCUT2D eigenvalue weighted by Gasteiger charge is 2.19. The molecule has 0 unspecified atom stereocenters. The monoisotopic (exact) mass is 632 g/mol. The van der Waals surface area contributed by atoms with Crippen molar-refractivity contribution in [2.75, 3.05) is 0 Å². The van der Waals surface area contributed by atoms with Crippen LogP contribution in [-0.2, 0) is 6.42 Å². The first-order valence-corrected chi connectivity index (χ1v) is 16.9. The highest BCUT2D eigenvalue weighted by molar-refractivity contribution is 6.09. The number of rotatable bonds is 7. The first kappa shape index (κ1) is 31.4. The Morgan fingerprint density at radius 1 is 0.750 bits per heavy atom. The van der Waals surface area contributed by atoms with Crippen LogP contribution in [0.15, 0.2) is 103 Å². The zero-order valence-corrected chi connectivity index (χ0v) is 29.3. The molecule has 0 atom stereocenters. The minimum Gasteiger partial charge on any atom is -0.457 e. The first-order chi connectivity index (χ1) is 22.9. The van der Waals surface area contributed by atoms with E-state index in [0.717, 1.165) is 51.8 Å². The average molecular weight is 633 g/mol. The molecule has 0 saturated carbocycles. The predicted molar refractivity (Wildman–Crippen MR) is 199 cm³/mol. The molecule has 3 heterocycles.